The van der Waals surface area contributed by atoms with Crippen molar-refractivity contribution in [2.75, 3.05) is 32.0 Å². The van der Waals surface area contributed by atoms with Crippen molar-refractivity contribution >= 4 is 11.4 Å². The maximum atomic E-state index is 4.93. The fourth-order valence-corrected chi connectivity index (χ4v) is 4.38. The molecule has 3 aliphatic rings. The molecular formula is C17H26N4. The van der Waals surface area contributed by atoms with Gasteiger partial charge in [-0.1, -0.05) is 0 Å². The molecule has 0 saturated carbocycles. The van der Waals surface area contributed by atoms with Gasteiger partial charge in [0.2, 0.25) is 0 Å². The third-order valence-corrected chi connectivity index (χ3v) is 5.44. The van der Waals surface area contributed by atoms with Crippen molar-refractivity contribution in [1.29, 1.82) is 0 Å². The van der Waals surface area contributed by atoms with Gasteiger partial charge in [-0.05, 0) is 63.3 Å². The van der Waals surface area contributed by atoms with Crippen LogP contribution in [0.3, 0.4) is 0 Å². The summed E-state index contributed by atoms with van der Waals surface area (Å²) in [6, 6.07) is 0. The SMILES string of the molecule is CN1CCCC(c2nn(C)c3c2C2=C(CCCC2)CN3)C1. The standard InChI is InChI=1S/C17H26N4/c1-20-9-5-7-13(11-20)16-15-14-8-4-3-6-12(14)10-18-17(15)21(2)19-16/h13,18H,3-11H2,1-2H3. The number of nitrogens with zero attached hydrogens (tertiary/aromatic N) is 3. The fraction of sp³-hybridized carbons (Fsp3) is 0.706. The number of piperidine rings is 1. The minimum atomic E-state index is 0.606. The van der Waals surface area contributed by atoms with Crippen LogP contribution in [0.1, 0.15) is 55.7 Å². The van der Waals surface area contributed by atoms with E-state index in [0.717, 1.165) is 13.1 Å². The molecule has 3 heterocycles. The summed E-state index contributed by atoms with van der Waals surface area (Å²) in [7, 11) is 4.33. The molecule has 1 unspecified atom stereocenters. The molecule has 0 bridgehead atoms. The second-order valence-electron chi connectivity index (χ2n) is 6.98. The van der Waals surface area contributed by atoms with Crippen LogP contribution in [0, 0.1) is 0 Å². The molecule has 4 nitrogen and oxygen atoms in total. The molecule has 1 aromatic heterocycles. The van der Waals surface area contributed by atoms with E-state index in [-0.39, 0.29) is 0 Å². The number of aromatic nitrogens is 2. The summed E-state index contributed by atoms with van der Waals surface area (Å²) in [6.45, 7) is 3.43. The zero-order chi connectivity index (χ0) is 14.4. The van der Waals surface area contributed by atoms with Crippen LogP contribution in [0.2, 0.25) is 0 Å². The molecule has 0 amide bonds. The first-order valence-corrected chi connectivity index (χ1v) is 8.44. The summed E-state index contributed by atoms with van der Waals surface area (Å²) in [5.41, 5.74) is 6.11. The van der Waals surface area contributed by atoms with Crippen molar-refractivity contribution in [3.05, 3.63) is 16.8 Å². The summed E-state index contributed by atoms with van der Waals surface area (Å²) in [5.74, 6) is 1.87. The summed E-state index contributed by atoms with van der Waals surface area (Å²) in [4.78, 5) is 2.46. The predicted octanol–water partition coefficient (Wildman–Crippen LogP) is 2.98. The lowest BCUT2D eigenvalue weighted by Crippen LogP contribution is -2.31. The van der Waals surface area contributed by atoms with Gasteiger partial charge in [0.05, 0.1) is 5.69 Å². The molecule has 1 N–H and O–H groups in total. The van der Waals surface area contributed by atoms with Crippen LogP contribution in [0.4, 0.5) is 5.82 Å². The van der Waals surface area contributed by atoms with Gasteiger partial charge in [-0.3, -0.25) is 4.68 Å². The Balaban J connectivity index is 1.78. The van der Waals surface area contributed by atoms with Crippen molar-refractivity contribution in [1.82, 2.24) is 14.7 Å². The molecule has 114 valence electrons. The third kappa shape index (κ3) is 2.20. The maximum absolute atomic E-state index is 4.93. The van der Waals surface area contributed by atoms with E-state index in [1.165, 1.54) is 62.1 Å². The molecule has 2 aliphatic heterocycles. The third-order valence-electron chi connectivity index (χ3n) is 5.44. The molecule has 1 fully saturated rings. The predicted molar refractivity (Wildman–Crippen MR) is 86.6 cm³/mol. The van der Waals surface area contributed by atoms with Crippen LogP contribution < -0.4 is 5.32 Å². The first-order valence-electron chi connectivity index (χ1n) is 8.44. The molecule has 4 heteroatoms. The average molecular weight is 286 g/mol. The van der Waals surface area contributed by atoms with Crippen LogP contribution in [-0.4, -0.2) is 41.4 Å². The van der Waals surface area contributed by atoms with Crippen LogP contribution in [0.15, 0.2) is 5.57 Å². The van der Waals surface area contributed by atoms with E-state index in [1.54, 1.807) is 11.1 Å². The number of allylic oxidation sites excluding steroid dienone is 1. The van der Waals surface area contributed by atoms with Crippen LogP contribution in [0.5, 0.6) is 0 Å². The highest BCUT2D eigenvalue weighted by Crippen LogP contribution is 2.43. The lowest BCUT2D eigenvalue weighted by molar-refractivity contribution is 0.248. The van der Waals surface area contributed by atoms with Crippen molar-refractivity contribution < 1.29 is 0 Å². The Morgan fingerprint density at radius 2 is 2.00 bits per heavy atom. The second-order valence-corrected chi connectivity index (χ2v) is 6.98. The molecule has 0 spiro atoms. The number of rotatable bonds is 1. The Morgan fingerprint density at radius 1 is 1.14 bits per heavy atom. The Kier molecular flexibility index (Phi) is 3.29. The first-order chi connectivity index (χ1) is 10.2. The molecule has 4 rings (SSSR count). The number of likely N-dealkylation sites (tertiary alicyclic amines) is 1. The number of nitrogens with one attached hydrogen (secondary N) is 1. The number of hydrogen-bond acceptors (Lipinski definition) is 3. The number of hydrogen-bond donors (Lipinski definition) is 1. The van der Waals surface area contributed by atoms with Gasteiger partial charge in [0.25, 0.3) is 0 Å². The van der Waals surface area contributed by atoms with Gasteiger partial charge in [-0.25, -0.2) is 0 Å². The maximum Gasteiger partial charge on any atom is 0.132 e. The van der Waals surface area contributed by atoms with E-state index < -0.39 is 0 Å². The van der Waals surface area contributed by atoms with Gasteiger partial charge in [0.1, 0.15) is 5.82 Å². The quantitative estimate of drug-likeness (QED) is 0.861. The van der Waals surface area contributed by atoms with E-state index in [9.17, 15) is 0 Å². The summed E-state index contributed by atoms with van der Waals surface area (Å²) in [5, 5.41) is 8.56. The molecule has 0 radical (unpaired) electrons. The Morgan fingerprint density at radius 3 is 2.86 bits per heavy atom. The number of fused-ring (bicyclic) bond motifs is 2. The van der Waals surface area contributed by atoms with Gasteiger partial charge in [0, 0.05) is 31.6 Å². The Bertz CT molecular complexity index is 584. The number of likely N-dealkylation sites (N-methyl/N-ethyl adjacent to an activating group) is 1. The van der Waals surface area contributed by atoms with Crippen molar-refractivity contribution in [3.63, 3.8) is 0 Å². The van der Waals surface area contributed by atoms with Gasteiger partial charge in [-0.2, -0.15) is 5.10 Å². The fourth-order valence-electron chi connectivity index (χ4n) is 4.38. The van der Waals surface area contributed by atoms with Crippen LogP contribution in [-0.2, 0) is 7.05 Å². The van der Waals surface area contributed by atoms with Gasteiger partial charge in [0.15, 0.2) is 0 Å². The normalized spacial score (nSPS) is 26.3. The van der Waals surface area contributed by atoms with Gasteiger partial charge >= 0.3 is 0 Å². The second kappa shape index (κ2) is 5.16. The van der Waals surface area contributed by atoms with Crippen LogP contribution in [0.25, 0.3) is 5.57 Å². The van der Waals surface area contributed by atoms with Crippen molar-refractivity contribution in [2.45, 2.75) is 44.4 Å². The largest absolute Gasteiger partial charge is 0.366 e. The molecule has 1 saturated heterocycles. The topological polar surface area (TPSA) is 33.1 Å². The Labute approximate surface area is 127 Å². The minimum Gasteiger partial charge on any atom is -0.366 e. The number of anilines is 1. The zero-order valence-electron chi connectivity index (χ0n) is 13.3. The van der Waals surface area contributed by atoms with E-state index in [2.05, 4.69) is 29.0 Å². The van der Waals surface area contributed by atoms with E-state index in [1.807, 2.05) is 0 Å². The zero-order valence-corrected chi connectivity index (χ0v) is 13.3. The summed E-state index contributed by atoms with van der Waals surface area (Å²) < 4.78 is 2.08. The molecule has 1 aliphatic carbocycles. The van der Waals surface area contributed by atoms with Crippen molar-refractivity contribution in [2.24, 2.45) is 7.05 Å². The molecule has 1 atom stereocenters. The molecular weight excluding hydrogens is 260 g/mol. The van der Waals surface area contributed by atoms with Gasteiger partial charge in [-0.15, -0.1) is 0 Å². The molecule has 1 aromatic rings. The highest BCUT2D eigenvalue weighted by molar-refractivity contribution is 5.82. The monoisotopic (exact) mass is 286 g/mol. The van der Waals surface area contributed by atoms with Crippen LogP contribution >= 0.6 is 0 Å². The molecule has 0 aromatic carbocycles. The highest BCUT2D eigenvalue weighted by Gasteiger charge is 2.32. The lowest BCUT2D eigenvalue weighted by atomic mass is 9.82. The lowest BCUT2D eigenvalue weighted by Gasteiger charge is -2.31. The van der Waals surface area contributed by atoms with E-state index >= 15 is 0 Å². The highest BCUT2D eigenvalue weighted by atomic mass is 15.3. The van der Waals surface area contributed by atoms with E-state index in [4.69, 9.17) is 5.10 Å². The minimum absolute atomic E-state index is 0.606. The Hall–Kier alpha value is -1.29. The summed E-state index contributed by atoms with van der Waals surface area (Å²) >= 11 is 0. The smallest absolute Gasteiger partial charge is 0.132 e. The van der Waals surface area contributed by atoms with E-state index in [0.29, 0.717) is 5.92 Å². The average Bonchev–Trinajstić information content (AvgIpc) is 2.85. The number of aryl methyl sites for hydroxylation is 1. The first kappa shape index (κ1) is 13.4. The molecule has 21 heavy (non-hydrogen) atoms. The summed E-state index contributed by atoms with van der Waals surface area (Å²) in [6.07, 6.45) is 7.82. The van der Waals surface area contributed by atoms with Gasteiger partial charge < -0.3 is 10.2 Å². The van der Waals surface area contributed by atoms with Crippen molar-refractivity contribution in [3.8, 4) is 0 Å².